The highest BCUT2D eigenvalue weighted by molar-refractivity contribution is 6.12. The summed E-state index contributed by atoms with van der Waals surface area (Å²) in [5.41, 5.74) is 17.3. The molecule has 0 spiro atoms. The number of aryl methyl sites for hydroxylation is 2. The van der Waals surface area contributed by atoms with Crippen LogP contribution >= 0.6 is 0 Å². The lowest BCUT2D eigenvalue weighted by atomic mass is 9.99. The molecule has 6 nitrogen and oxygen atoms in total. The average Bonchev–Trinajstić information content (AvgIpc) is 3.74. The Morgan fingerprint density at radius 1 is 0.275 bits per heavy atom. The Kier molecular flexibility index (Phi) is 10.5. The second-order valence-electron chi connectivity index (χ2n) is 17.5. The third-order valence-electron chi connectivity index (χ3n) is 12.8. The van der Waals surface area contributed by atoms with Crippen LogP contribution in [0.2, 0.25) is 0 Å². The molecule has 0 unspecified atom stereocenters. The van der Waals surface area contributed by atoms with Crippen LogP contribution in [0.15, 0.2) is 231 Å². The van der Waals surface area contributed by atoms with Crippen LogP contribution in [0.4, 0.5) is 0 Å². The lowest BCUT2D eigenvalue weighted by Crippen LogP contribution is -2.04. The van der Waals surface area contributed by atoms with Crippen LogP contribution in [-0.4, -0.2) is 29.5 Å². The smallest absolute Gasteiger partial charge is 0.164 e. The number of rotatable bonds is 9. The molecule has 12 rings (SSSR count). The van der Waals surface area contributed by atoms with Crippen LogP contribution in [-0.2, 0) is 0 Å². The van der Waals surface area contributed by atoms with Crippen LogP contribution in [0, 0.1) is 13.8 Å². The third kappa shape index (κ3) is 8.04. The van der Waals surface area contributed by atoms with Gasteiger partial charge >= 0.3 is 0 Å². The Morgan fingerprint density at radius 2 is 0.652 bits per heavy atom. The van der Waals surface area contributed by atoms with Crippen molar-refractivity contribution in [2.45, 2.75) is 13.8 Å². The zero-order valence-corrected chi connectivity index (χ0v) is 38.1. The van der Waals surface area contributed by atoms with Crippen LogP contribution in [0.5, 0.6) is 0 Å². The van der Waals surface area contributed by atoms with Gasteiger partial charge in [-0.3, -0.25) is 0 Å². The van der Waals surface area contributed by atoms with E-state index in [1.165, 1.54) is 22.3 Å². The molecule has 6 heteroatoms. The maximum Gasteiger partial charge on any atom is 0.164 e. The predicted molar refractivity (Wildman–Crippen MR) is 283 cm³/mol. The lowest BCUT2D eigenvalue weighted by Gasteiger charge is -2.17. The van der Waals surface area contributed by atoms with E-state index < -0.39 is 0 Å². The second kappa shape index (κ2) is 17.6. The molecule has 0 atom stereocenters. The molecule has 3 heterocycles. The molecule has 0 amide bonds. The summed E-state index contributed by atoms with van der Waals surface area (Å²) >= 11 is 0. The van der Waals surface area contributed by atoms with Crippen LogP contribution in [0.3, 0.4) is 0 Å². The minimum Gasteiger partial charge on any atom is -0.308 e. The summed E-state index contributed by atoms with van der Waals surface area (Å²) in [5, 5.41) is 2.29. The van der Waals surface area contributed by atoms with Crippen molar-refractivity contribution in [3.63, 3.8) is 0 Å². The largest absolute Gasteiger partial charge is 0.308 e. The van der Waals surface area contributed by atoms with E-state index in [1.807, 2.05) is 72.8 Å². The molecule has 0 aliphatic carbocycles. The second-order valence-corrected chi connectivity index (χ2v) is 17.5. The van der Waals surface area contributed by atoms with Gasteiger partial charge in [-0.25, -0.2) is 24.9 Å². The van der Waals surface area contributed by atoms with Gasteiger partial charge in [-0.1, -0.05) is 193 Å². The molecule has 0 bridgehead atoms. The monoisotopic (exact) mass is 884 g/mol. The van der Waals surface area contributed by atoms with Crippen molar-refractivity contribution in [2.24, 2.45) is 0 Å². The summed E-state index contributed by atoms with van der Waals surface area (Å²) < 4.78 is 2.38. The number of hydrogen-bond acceptors (Lipinski definition) is 5. The Hall–Kier alpha value is -9.13. The minimum atomic E-state index is 0.547. The van der Waals surface area contributed by atoms with E-state index in [0.717, 1.165) is 83.4 Å². The zero-order valence-electron chi connectivity index (χ0n) is 38.1. The molecule has 0 fully saturated rings. The summed E-state index contributed by atoms with van der Waals surface area (Å²) in [6.07, 6.45) is 0. The summed E-state index contributed by atoms with van der Waals surface area (Å²) in [4.78, 5) is 26.2. The number of hydrogen-bond donors (Lipinski definition) is 0. The topological polar surface area (TPSA) is 69.4 Å². The molecule has 0 N–H and O–H groups in total. The van der Waals surface area contributed by atoms with Crippen molar-refractivity contribution >= 4 is 21.8 Å². The van der Waals surface area contributed by atoms with Crippen molar-refractivity contribution in [1.82, 2.24) is 29.5 Å². The number of aromatic nitrogens is 6. The van der Waals surface area contributed by atoms with Gasteiger partial charge in [0, 0.05) is 44.2 Å². The first kappa shape index (κ1) is 41.3. The highest BCUT2D eigenvalue weighted by Gasteiger charge is 2.22. The first-order chi connectivity index (χ1) is 34.0. The SMILES string of the molecule is Cc1ccc(-c2ccc3c(c2)c2cc(-c4ccc(C)cc4)ccc2n3-c2ccc(-c3nc(-c4ccccc4)nc(-c4ccccc4)n3)cc2-c2nc(-c3ccccc3)cc(-c3ccccc3)n2)cc1. The summed E-state index contributed by atoms with van der Waals surface area (Å²) in [5.74, 6) is 2.31. The maximum atomic E-state index is 5.44. The average molecular weight is 885 g/mol. The molecule has 0 saturated carbocycles. The van der Waals surface area contributed by atoms with Gasteiger partial charge in [0.25, 0.3) is 0 Å². The van der Waals surface area contributed by atoms with Crippen LogP contribution < -0.4 is 0 Å². The molecule has 0 radical (unpaired) electrons. The molecule has 0 aliphatic heterocycles. The van der Waals surface area contributed by atoms with Gasteiger partial charge in [0.2, 0.25) is 0 Å². The van der Waals surface area contributed by atoms with Gasteiger partial charge in [0.1, 0.15) is 0 Å². The predicted octanol–water partition coefficient (Wildman–Crippen LogP) is 15.7. The van der Waals surface area contributed by atoms with E-state index in [-0.39, 0.29) is 0 Å². The van der Waals surface area contributed by atoms with E-state index in [0.29, 0.717) is 23.3 Å². The summed E-state index contributed by atoms with van der Waals surface area (Å²) in [6, 6.07) is 80.6. The van der Waals surface area contributed by atoms with Crippen LogP contribution in [0.25, 0.3) is 118 Å². The molecule has 3 aromatic heterocycles. The Bertz CT molecular complexity index is 3590. The van der Waals surface area contributed by atoms with Gasteiger partial charge in [-0.05, 0) is 84.6 Å². The molecule has 69 heavy (non-hydrogen) atoms. The Balaban J connectivity index is 1.15. The van der Waals surface area contributed by atoms with E-state index in [2.05, 4.69) is 176 Å². The fraction of sp³-hybridized carbons (Fsp3) is 0.0317. The number of nitrogens with zero attached hydrogens (tertiary/aromatic N) is 6. The summed E-state index contributed by atoms with van der Waals surface area (Å²) in [7, 11) is 0. The van der Waals surface area contributed by atoms with Gasteiger partial charge in [0.15, 0.2) is 23.3 Å². The Labute approximate surface area is 401 Å². The standard InChI is InChI=1S/C63H44N6/c1-41-23-27-43(28-24-41)49-31-34-57-52(37-49)53-38-50(44-29-25-42(2)26-30-44)32-35-58(53)69(57)59-36-33-51(62-67-60(47-19-11-5-12-20-47)66-61(68-62)48-21-13-6-14-22-48)39-54(59)63-64-55(45-15-7-3-8-16-45)40-56(65-63)46-17-9-4-10-18-46/h3-40H,1-2H3. The highest BCUT2D eigenvalue weighted by atomic mass is 15.0. The molecular formula is C63H44N6. The first-order valence-corrected chi connectivity index (χ1v) is 23.2. The van der Waals surface area contributed by atoms with Gasteiger partial charge in [-0.15, -0.1) is 0 Å². The number of fused-ring (bicyclic) bond motifs is 3. The summed E-state index contributed by atoms with van der Waals surface area (Å²) in [6.45, 7) is 4.26. The van der Waals surface area contributed by atoms with Gasteiger partial charge in [-0.2, -0.15) is 0 Å². The first-order valence-electron chi connectivity index (χ1n) is 23.2. The fourth-order valence-corrected chi connectivity index (χ4v) is 9.20. The zero-order chi connectivity index (χ0) is 46.3. The van der Waals surface area contributed by atoms with E-state index in [9.17, 15) is 0 Å². The van der Waals surface area contributed by atoms with E-state index >= 15 is 0 Å². The Morgan fingerprint density at radius 3 is 1.09 bits per heavy atom. The van der Waals surface area contributed by atoms with Crippen molar-refractivity contribution in [2.75, 3.05) is 0 Å². The quantitative estimate of drug-likeness (QED) is 0.144. The molecule has 0 aliphatic rings. The fourth-order valence-electron chi connectivity index (χ4n) is 9.20. The molecule has 0 saturated heterocycles. The van der Waals surface area contributed by atoms with E-state index in [1.54, 1.807) is 0 Å². The van der Waals surface area contributed by atoms with E-state index in [4.69, 9.17) is 24.9 Å². The lowest BCUT2D eigenvalue weighted by molar-refractivity contribution is 1.07. The van der Waals surface area contributed by atoms with Crippen molar-refractivity contribution < 1.29 is 0 Å². The maximum absolute atomic E-state index is 5.44. The molecule has 9 aromatic carbocycles. The molecular weight excluding hydrogens is 841 g/mol. The van der Waals surface area contributed by atoms with Gasteiger partial charge < -0.3 is 4.57 Å². The normalized spacial score (nSPS) is 11.3. The minimum absolute atomic E-state index is 0.547. The van der Waals surface area contributed by atoms with Crippen molar-refractivity contribution in [3.8, 4) is 96.0 Å². The van der Waals surface area contributed by atoms with Crippen molar-refractivity contribution in [3.05, 3.63) is 242 Å². The molecule has 12 aromatic rings. The number of benzene rings is 9. The van der Waals surface area contributed by atoms with Crippen LogP contribution in [0.1, 0.15) is 11.1 Å². The van der Waals surface area contributed by atoms with Gasteiger partial charge in [0.05, 0.1) is 28.1 Å². The third-order valence-corrected chi connectivity index (χ3v) is 12.8. The molecule has 326 valence electrons. The van der Waals surface area contributed by atoms with Crippen molar-refractivity contribution in [1.29, 1.82) is 0 Å². The highest BCUT2D eigenvalue weighted by Crippen LogP contribution is 2.41.